The highest BCUT2D eigenvalue weighted by molar-refractivity contribution is 5.91. The number of nitrogens with one attached hydrogen (secondary N) is 1. The van der Waals surface area contributed by atoms with Crippen LogP contribution in [-0.4, -0.2) is 49.0 Å². The monoisotopic (exact) mass is 269 g/mol. The van der Waals surface area contributed by atoms with Gasteiger partial charge in [0.2, 0.25) is 0 Å². The largest absolute Gasteiger partial charge is 0.506 e. The minimum absolute atomic E-state index is 0.118. The Morgan fingerprint density at radius 3 is 2.53 bits per heavy atom. The minimum atomic E-state index is -1.04. The fourth-order valence-electron chi connectivity index (χ4n) is 1.41. The summed E-state index contributed by atoms with van der Waals surface area (Å²) < 4.78 is 9.02. The predicted molar refractivity (Wildman–Crippen MR) is 66.0 cm³/mol. The van der Waals surface area contributed by atoms with Crippen LogP contribution in [0.3, 0.4) is 0 Å². The molecule has 1 atom stereocenters. The Morgan fingerprint density at radius 2 is 2.00 bits per heavy atom. The first kappa shape index (κ1) is 14.8. The van der Waals surface area contributed by atoms with E-state index in [1.807, 2.05) is 0 Å². The van der Waals surface area contributed by atoms with Gasteiger partial charge in [0.1, 0.15) is 11.8 Å². The van der Waals surface area contributed by atoms with Crippen molar-refractivity contribution in [2.45, 2.75) is 6.04 Å². The summed E-state index contributed by atoms with van der Waals surface area (Å²) in [6, 6.07) is 2.93. The molecule has 0 aromatic heterocycles. The highest BCUT2D eigenvalue weighted by Crippen LogP contribution is 2.25. The molecule has 1 unspecified atom stereocenters. The van der Waals surface area contributed by atoms with Gasteiger partial charge in [-0.05, 0) is 18.2 Å². The minimum Gasteiger partial charge on any atom is -0.506 e. The average molecular weight is 269 g/mol. The van der Waals surface area contributed by atoms with Crippen LogP contribution in [0.4, 0.5) is 5.69 Å². The first-order chi connectivity index (χ1) is 9.03. The summed E-state index contributed by atoms with van der Waals surface area (Å²) in [6.45, 7) is -0.519. The molecule has 19 heavy (non-hydrogen) atoms. The summed E-state index contributed by atoms with van der Waals surface area (Å²) in [6.07, 6.45) is 0. The fourth-order valence-corrected chi connectivity index (χ4v) is 1.41. The Kier molecular flexibility index (Phi) is 5.13. The molecular weight excluding hydrogens is 254 g/mol. The molecule has 0 heterocycles. The van der Waals surface area contributed by atoms with Crippen molar-refractivity contribution in [2.24, 2.45) is 0 Å². The van der Waals surface area contributed by atoms with Gasteiger partial charge in [0.15, 0.2) is 0 Å². The molecule has 0 aliphatic rings. The van der Waals surface area contributed by atoms with Crippen LogP contribution in [-0.2, 0) is 14.3 Å². The summed E-state index contributed by atoms with van der Waals surface area (Å²) in [5, 5.41) is 21.3. The predicted octanol–water partition coefficient (Wildman–Crippen LogP) is 0.125. The van der Waals surface area contributed by atoms with Crippen molar-refractivity contribution in [3.8, 4) is 5.75 Å². The summed E-state index contributed by atoms with van der Waals surface area (Å²) in [7, 11) is 2.41. The number of rotatable bonds is 5. The number of aliphatic hydroxyl groups excluding tert-OH is 1. The molecule has 7 nitrogen and oxygen atoms in total. The lowest BCUT2D eigenvalue weighted by molar-refractivity contribution is -0.142. The second-order valence-corrected chi connectivity index (χ2v) is 3.63. The lowest BCUT2D eigenvalue weighted by Crippen LogP contribution is -2.34. The summed E-state index contributed by atoms with van der Waals surface area (Å²) >= 11 is 0. The van der Waals surface area contributed by atoms with Crippen LogP contribution in [0, 0.1) is 0 Å². The SMILES string of the molecule is COC(=O)c1ccc(O)c(NC(CO)C(=O)OC)c1. The standard InChI is InChI=1S/C12H15NO6/c1-18-11(16)7-3-4-10(15)8(5-7)13-9(6-14)12(17)19-2/h3-5,9,13-15H,6H2,1-2H3. The van der Waals surface area contributed by atoms with Gasteiger partial charge in [0.05, 0.1) is 32.1 Å². The van der Waals surface area contributed by atoms with Gasteiger partial charge < -0.3 is 25.0 Å². The van der Waals surface area contributed by atoms with Gasteiger partial charge in [-0.3, -0.25) is 0 Å². The lowest BCUT2D eigenvalue weighted by atomic mass is 10.1. The second kappa shape index (κ2) is 6.60. The molecule has 7 heteroatoms. The summed E-state index contributed by atoms with van der Waals surface area (Å²) in [5.74, 6) is -1.44. The molecule has 0 saturated carbocycles. The van der Waals surface area contributed by atoms with Gasteiger partial charge >= 0.3 is 11.9 Å². The Hall–Kier alpha value is -2.28. The van der Waals surface area contributed by atoms with Crippen LogP contribution in [0.25, 0.3) is 0 Å². The number of anilines is 1. The van der Waals surface area contributed by atoms with Crippen LogP contribution in [0.15, 0.2) is 18.2 Å². The van der Waals surface area contributed by atoms with Crippen molar-refractivity contribution in [1.29, 1.82) is 0 Å². The molecule has 1 rings (SSSR count). The highest BCUT2D eigenvalue weighted by Gasteiger charge is 2.20. The van der Waals surface area contributed by atoms with E-state index in [0.717, 1.165) is 0 Å². The van der Waals surface area contributed by atoms with Crippen LogP contribution in [0.1, 0.15) is 10.4 Å². The number of methoxy groups -OCH3 is 2. The second-order valence-electron chi connectivity index (χ2n) is 3.63. The van der Waals surface area contributed by atoms with Crippen molar-refractivity contribution in [3.05, 3.63) is 23.8 Å². The first-order valence-corrected chi connectivity index (χ1v) is 5.40. The smallest absolute Gasteiger partial charge is 0.337 e. The number of hydrogen-bond donors (Lipinski definition) is 3. The van der Waals surface area contributed by atoms with Gasteiger partial charge in [0.25, 0.3) is 0 Å². The molecule has 3 N–H and O–H groups in total. The molecule has 0 fully saturated rings. The van der Waals surface area contributed by atoms with Crippen LogP contribution in [0.5, 0.6) is 5.75 Å². The van der Waals surface area contributed by atoms with E-state index < -0.39 is 24.6 Å². The normalized spacial score (nSPS) is 11.5. The highest BCUT2D eigenvalue weighted by atomic mass is 16.5. The third kappa shape index (κ3) is 3.59. The number of carbonyl (C=O) groups is 2. The Morgan fingerprint density at radius 1 is 1.32 bits per heavy atom. The molecule has 1 aromatic rings. The number of benzene rings is 1. The number of aliphatic hydroxyl groups is 1. The fraction of sp³-hybridized carbons (Fsp3) is 0.333. The Labute approximate surface area is 109 Å². The molecule has 0 amide bonds. The topological polar surface area (TPSA) is 105 Å². The molecule has 0 bridgehead atoms. The van der Waals surface area contributed by atoms with Gasteiger partial charge in [-0.1, -0.05) is 0 Å². The molecule has 1 aromatic carbocycles. The Bertz CT molecular complexity index is 473. The maximum absolute atomic E-state index is 11.3. The van der Waals surface area contributed by atoms with Gasteiger partial charge in [-0.25, -0.2) is 9.59 Å². The van der Waals surface area contributed by atoms with E-state index in [1.54, 1.807) is 0 Å². The molecule has 0 radical (unpaired) electrons. The molecule has 0 saturated heterocycles. The quantitative estimate of drug-likeness (QED) is 0.515. The van der Waals surface area contributed by atoms with E-state index in [4.69, 9.17) is 5.11 Å². The van der Waals surface area contributed by atoms with Crippen molar-refractivity contribution < 1.29 is 29.3 Å². The van der Waals surface area contributed by atoms with Crippen LogP contribution >= 0.6 is 0 Å². The van der Waals surface area contributed by atoms with Crippen molar-refractivity contribution in [1.82, 2.24) is 0 Å². The average Bonchev–Trinajstić information content (AvgIpc) is 2.44. The maximum atomic E-state index is 11.3. The third-order valence-corrected chi connectivity index (χ3v) is 2.42. The van der Waals surface area contributed by atoms with Crippen molar-refractivity contribution in [2.75, 3.05) is 26.1 Å². The Balaban J connectivity index is 2.99. The first-order valence-electron chi connectivity index (χ1n) is 5.40. The number of phenolic OH excluding ortho intramolecular Hbond substituents is 1. The van der Waals surface area contributed by atoms with Crippen LogP contribution in [0.2, 0.25) is 0 Å². The van der Waals surface area contributed by atoms with Crippen LogP contribution < -0.4 is 5.32 Å². The van der Waals surface area contributed by atoms with Crippen molar-refractivity contribution >= 4 is 17.6 Å². The zero-order valence-electron chi connectivity index (χ0n) is 10.5. The number of esters is 2. The number of hydrogen-bond acceptors (Lipinski definition) is 7. The lowest BCUT2D eigenvalue weighted by Gasteiger charge is -2.16. The maximum Gasteiger partial charge on any atom is 0.337 e. The van der Waals surface area contributed by atoms with E-state index in [0.29, 0.717) is 0 Å². The van der Waals surface area contributed by atoms with Crippen molar-refractivity contribution in [3.63, 3.8) is 0 Å². The summed E-state index contributed by atoms with van der Waals surface area (Å²) in [5.41, 5.74) is 0.316. The van der Waals surface area contributed by atoms with E-state index in [9.17, 15) is 14.7 Å². The number of phenols is 1. The molecule has 0 aliphatic carbocycles. The van der Waals surface area contributed by atoms with Gasteiger partial charge in [-0.2, -0.15) is 0 Å². The number of ether oxygens (including phenoxy) is 2. The van der Waals surface area contributed by atoms with E-state index in [1.165, 1.54) is 32.4 Å². The van der Waals surface area contributed by atoms with Gasteiger partial charge in [0, 0.05) is 0 Å². The third-order valence-electron chi connectivity index (χ3n) is 2.42. The molecule has 0 spiro atoms. The van der Waals surface area contributed by atoms with E-state index in [-0.39, 0.29) is 17.0 Å². The van der Waals surface area contributed by atoms with E-state index in [2.05, 4.69) is 14.8 Å². The zero-order chi connectivity index (χ0) is 14.4. The number of carbonyl (C=O) groups excluding carboxylic acids is 2. The molecule has 0 aliphatic heterocycles. The number of aromatic hydroxyl groups is 1. The zero-order valence-corrected chi connectivity index (χ0v) is 10.5. The summed E-state index contributed by atoms with van der Waals surface area (Å²) in [4.78, 5) is 22.7. The van der Waals surface area contributed by atoms with Gasteiger partial charge in [-0.15, -0.1) is 0 Å². The molecular formula is C12H15NO6. The van der Waals surface area contributed by atoms with E-state index >= 15 is 0 Å². The molecule has 104 valence electrons.